The van der Waals surface area contributed by atoms with Crippen LogP contribution in [0.15, 0.2) is 35.2 Å². The predicted octanol–water partition coefficient (Wildman–Crippen LogP) is 3.40. The van der Waals surface area contributed by atoms with Crippen LogP contribution in [0.25, 0.3) is 11.0 Å². The van der Waals surface area contributed by atoms with Gasteiger partial charge in [-0.05, 0) is 73.6 Å². The number of sulfonamides is 1. The summed E-state index contributed by atoms with van der Waals surface area (Å²) in [6.07, 6.45) is 3.96. The van der Waals surface area contributed by atoms with Gasteiger partial charge in [-0.3, -0.25) is 4.72 Å². The van der Waals surface area contributed by atoms with Crippen molar-refractivity contribution in [3.63, 3.8) is 0 Å². The number of anilines is 1. The van der Waals surface area contributed by atoms with Crippen LogP contribution in [-0.4, -0.2) is 36.1 Å². The van der Waals surface area contributed by atoms with Crippen LogP contribution in [0.2, 0.25) is 0 Å². The number of fused-ring (bicyclic) bond motifs is 2. The Labute approximate surface area is 173 Å². The summed E-state index contributed by atoms with van der Waals surface area (Å²) in [4.78, 5) is 19.3. The molecule has 2 heterocycles. The van der Waals surface area contributed by atoms with Crippen LogP contribution in [0.3, 0.4) is 0 Å². The Kier molecular flexibility index (Phi) is 4.52. The number of carboxylic acid groups (broad SMARTS) is 1. The Morgan fingerprint density at radius 3 is 2.83 bits per heavy atom. The lowest BCUT2D eigenvalue weighted by Crippen LogP contribution is -2.16. The summed E-state index contributed by atoms with van der Waals surface area (Å²) in [5.41, 5.74) is 3.32. The number of rotatable bonds is 5. The first-order valence-electron chi connectivity index (χ1n) is 9.94. The van der Waals surface area contributed by atoms with Crippen LogP contribution in [0.4, 0.5) is 5.69 Å². The second-order valence-corrected chi connectivity index (χ2v) is 9.38. The largest absolute Gasteiger partial charge is 0.478 e. The molecule has 1 unspecified atom stereocenters. The van der Waals surface area contributed by atoms with Gasteiger partial charge in [0.15, 0.2) is 0 Å². The average Bonchev–Trinajstić information content (AvgIpc) is 3.45. The van der Waals surface area contributed by atoms with Gasteiger partial charge in [0.25, 0.3) is 10.0 Å². The van der Waals surface area contributed by atoms with Gasteiger partial charge in [-0.2, -0.15) is 0 Å². The lowest BCUT2D eigenvalue weighted by Gasteiger charge is -2.13. The van der Waals surface area contributed by atoms with E-state index < -0.39 is 16.0 Å². The van der Waals surface area contributed by atoms with Crippen molar-refractivity contribution >= 4 is 32.7 Å². The van der Waals surface area contributed by atoms with Gasteiger partial charge >= 0.3 is 5.97 Å². The number of H-pyrrole nitrogens is 1. The Morgan fingerprint density at radius 1 is 1.20 bits per heavy atom. The molecule has 2 aromatic carbocycles. The highest BCUT2D eigenvalue weighted by Gasteiger charge is 2.27. The topological polar surface area (TPSA) is 121 Å². The standard InChI is InChI=1S/C21H21N3O5S/c25-21(26)13-9-12-3-1-4-15(12)19(10-13)30(27,28)24-14-6-7-16-17(11-14)23-20(22-16)18-5-2-8-29-18/h6-7,9-11,18,24H,1-5,8H2,(H,22,23)(H,25,26). The molecule has 0 spiro atoms. The predicted molar refractivity (Wildman–Crippen MR) is 110 cm³/mol. The third kappa shape index (κ3) is 3.33. The summed E-state index contributed by atoms with van der Waals surface area (Å²) in [7, 11) is -3.94. The Balaban J connectivity index is 1.49. The fourth-order valence-electron chi connectivity index (χ4n) is 4.28. The van der Waals surface area contributed by atoms with Crippen LogP contribution in [0, 0.1) is 0 Å². The van der Waals surface area contributed by atoms with Crippen molar-refractivity contribution in [2.24, 2.45) is 0 Å². The van der Waals surface area contributed by atoms with E-state index >= 15 is 0 Å². The van der Waals surface area contributed by atoms with Crippen LogP contribution >= 0.6 is 0 Å². The smallest absolute Gasteiger partial charge is 0.335 e. The molecule has 3 N–H and O–H groups in total. The van der Waals surface area contributed by atoms with E-state index in [0.29, 0.717) is 36.2 Å². The molecule has 8 nitrogen and oxygen atoms in total. The number of aryl methyl sites for hydroxylation is 1. The highest BCUT2D eigenvalue weighted by atomic mass is 32.2. The minimum absolute atomic E-state index is 0.0127. The Bertz CT molecular complexity index is 1260. The van der Waals surface area contributed by atoms with Gasteiger partial charge in [-0.15, -0.1) is 0 Å². The van der Waals surface area contributed by atoms with Crippen LogP contribution in [0.1, 0.15) is 52.7 Å². The normalized spacial score (nSPS) is 18.6. The van der Waals surface area contributed by atoms with Gasteiger partial charge in [0.1, 0.15) is 11.9 Å². The molecule has 30 heavy (non-hydrogen) atoms. The number of aromatic amines is 1. The fourth-order valence-corrected chi connectivity index (χ4v) is 5.66. The highest BCUT2D eigenvalue weighted by molar-refractivity contribution is 7.92. The summed E-state index contributed by atoms with van der Waals surface area (Å²) in [5, 5.41) is 9.37. The molecule has 0 radical (unpaired) electrons. The quantitative estimate of drug-likeness (QED) is 0.574. The maximum absolute atomic E-state index is 13.1. The Hall–Kier alpha value is -2.91. The molecule has 9 heteroatoms. The van der Waals surface area contributed by atoms with Crippen molar-refractivity contribution in [3.05, 3.63) is 52.8 Å². The second-order valence-electron chi connectivity index (χ2n) is 7.73. The van der Waals surface area contributed by atoms with Gasteiger partial charge in [-0.25, -0.2) is 18.2 Å². The third-order valence-corrected chi connectivity index (χ3v) is 7.15. The number of hydrogen-bond acceptors (Lipinski definition) is 5. The molecule has 1 atom stereocenters. The second kappa shape index (κ2) is 7.10. The van der Waals surface area contributed by atoms with Crippen molar-refractivity contribution in [2.45, 2.75) is 43.1 Å². The molecule has 2 aliphatic rings. The van der Waals surface area contributed by atoms with Gasteiger partial charge in [0, 0.05) is 6.61 Å². The number of aromatic nitrogens is 2. The first-order valence-corrected chi connectivity index (χ1v) is 11.4. The Morgan fingerprint density at radius 2 is 2.07 bits per heavy atom. The molecular formula is C21H21N3O5S. The molecule has 1 aliphatic heterocycles. The van der Waals surface area contributed by atoms with Crippen molar-refractivity contribution in [1.82, 2.24) is 9.97 Å². The maximum atomic E-state index is 13.1. The van der Waals surface area contributed by atoms with Crippen LogP contribution in [0.5, 0.6) is 0 Å². The minimum Gasteiger partial charge on any atom is -0.478 e. The number of nitrogens with zero attached hydrogens (tertiary/aromatic N) is 1. The number of ether oxygens (including phenoxy) is 1. The fraction of sp³-hybridized carbons (Fsp3) is 0.333. The maximum Gasteiger partial charge on any atom is 0.335 e. The first kappa shape index (κ1) is 19.1. The minimum atomic E-state index is -3.94. The zero-order chi connectivity index (χ0) is 20.9. The summed E-state index contributed by atoms with van der Waals surface area (Å²) in [5.74, 6) is -0.392. The van der Waals surface area contributed by atoms with E-state index in [2.05, 4.69) is 14.7 Å². The van der Waals surface area contributed by atoms with E-state index in [0.717, 1.165) is 36.2 Å². The molecule has 3 aromatic rings. The summed E-state index contributed by atoms with van der Waals surface area (Å²) < 4.78 is 34.5. The summed E-state index contributed by atoms with van der Waals surface area (Å²) in [6, 6.07) is 7.92. The monoisotopic (exact) mass is 427 g/mol. The molecule has 156 valence electrons. The molecule has 0 amide bonds. The lowest BCUT2D eigenvalue weighted by atomic mass is 10.1. The number of carboxylic acids is 1. The van der Waals surface area contributed by atoms with Crippen LogP contribution < -0.4 is 4.72 Å². The van der Waals surface area contributed by atoms with Gasteiger partial charge in [-0.1, -0.05) is 0 Å². The SMILES string of the molecule is O=C(O)c1cc2c(c(S(=O)(=O)Nc3ccc4nc(C5CCCO5)[nH]c4c3)c1)CCC2. The van der Waals surface area contributed by atoms with Crippen molar-refractivity contribution < 1.29 is 23.1 Å². The number of carbonyl (C=O) groups is 1. The molecule has 1 aliphatic carbocycles. The van der Waals surface area contributed by atoms with Crippen molar-refractivity contribution in [1.29, 1.82) is 0 Å². The highest BCUT2D eigenvalue weighted by Crippen LogP contribution is 2.32. The van der Waals surface area contributed by atoms with Gasteiger partial charge in [0.2, 0.25) is 0 Å². The van der Waals surface area contributed by atoms with E-state index in [-0.39, 0.29) is 16.6 Å². The number of aromatic carboxylic acids is 1. The van der Waals surface area contributed by atoms with Crippen molar-refractivity contribution in [2.75, 3.05) is 11.3 Å². The van der Waals surface area contributed by atoms with E-state index in [1.165, 1.54) is 6.07 Å². The zero-order valence-corrected chi connectivity index (χ0v) is 17.0. The lowest BCUT2D eigenvalue weighted by molar-refractivity contribution is 0.0696. The zero-order valence-electron chi connectivity index (χ0n) is 16.1. The first-order chi connectivity index (χ1) is 14.4. The number of nitrogens with one attached hydrogen (secondary N) is 2. The molecule has 5 rings (SSSR count). The molecule has 1 aromatic heterocycles. The average molecular weight is 427 g/mol. The summed E-state index contributed by atoms with van der Waals surface area (Å²) in [6.45, 7) is 0.715. The van der Waals surface area contributed by atoms with E-state index in [1.54, 1.807) is 24.3 Å². The number of benzene rings is 2. The van der Waals surface area contributed by atoms with Gasteiger partial charge < -0.3 is 14.8 Å². The van der Waals surface area contributed by atoms with E-state index in [9.17, 15) is 18.3 Å². The molecular weight excluding hydrogens is 406 g/mol. The molecule has 1 saturated heterocycles. The van der Waals surface area contributed by atoms with Gasteiger partial charge in [0.05, 0.1) is 27.2 Å². The molecule has 0 saturated carbocycles. The molecule has 1 fully saturated rings. The van der Waals surface area contributed by atoms with E-state index in [4.69, 9.17) is 4.74 Å². The third-order valence-electron chi connectivity index (χ3n) is 5.70. The molecule has 0 bridgehead atoms. The summed E-state index contributed by atoms with van der Waals surface area (Å²) >= 11 is 0. The van der Waals surface area contributed by atoms with E-state index in [1.807, 2.05) is 0 Å². The van der Waals surface area contributed by atoms with Crippen LogP contribution in [-0.2, 0) is 27.6 Å². The number of hydrogen-bond donors (Lipinski definition) is 3. The van der Waals surface area contributed by atoms with Crippen molar-refractivity contribution in [3.8, 4) is 0 Å². The number of imidazole rings is 1.